The highest BCUT2D eigenvalue weighted by molar-refractivity contribution is 7.85. The molecule has 0 aliphatic heterocycles. The van der Waals surface area contributed by atoms with Gasteiger partial charge in [-0.25, -0.2) is 0 Å². The second-order valence-electron chi connectivity index (χ2n) is 16.7. The molecule has 0 bridgehead atoms. The number of hydrogen-bond acceptors (Lipinski definition) is 3. The molecule has 0 radical (unpaired) electrons. The summed E-state index contributed by atoms with van der Waals surface area (Å²) < 4.78 is 45.8. The van der Waals surface area contributed by atoms with Crippen molar-refractivity contribution in [2.75, 3.05) is 0 Å². The average Bonchev–Trinajstić information content (AvgIpc) is 3.40. The quantitative estimate of drug-likeness (QED) is 0.0807. The van der Waals surface area contributed by atoms with Crippen molar-refractivity contribution in [3.8, 4) is 22.3 Å². The van der Waals surface area contributed by atoms with E-state index in [1.54, 1.807) is 0 Å². The molecular weight excluding hydrogens is 862 g/mol. The minimum absolute atomic E-state index is 0.640. The van der Waals surface area contributed by atoms with Gasteiger partial charge in [0.2, 0.25) is 0 Å². The Labute approximate surface area is 390 Å². The van der Waals surface area contributed by atoms with Gasteiger partial charge in [0.15, 0.2) is 21.4 Å². The number of benzene rings is 7. The maximum atomic E-state index is 15.3. The Hall–Kier alpha value is -6.33. The SMILES string of the molecule is CC/C(=C\C=C\c1cc(-c2ccc(P(=O)(C3=CCCC=C3)c3ccccc3)cc2)cc(-c2ccc(P(=O)(c3ccccc3)c3ccccc3)cc2)c1)P(=O)(C1=CCCC=C1)c1ccccc1. The molecule has 0 N–H and O–H groups in total. The van der Waals surface area contributed by atoms with Crippen molar-refractivity contribution < 1.29 is 13.7 Å². The van der Waals surface area contributed by atoms with Gasteiger partial charge in [0.1, 0.15) is 0 Å². The zero-order valence-corrected chi connectivity index (χ0v) is 39.9. The zero-order valence-electron chi connectivity index (χ0n) is 37.2. The van der Waals surface area contributed by atoms with E-state index in [1.807, 2.05) is 164 Å². The van der Waals surface area contributed by atoms with E-state index in [4.69, 9.17) is 0 Å². The predicted molar refractivity (Wildman–Crippen MR) is 284 cm³/mol. The monoisotopic (exact) mass is 914 g/mol. The van der Waals surface area contributed by atoms with Gasteiger partial charge in [-0.05, 0) is 83.4 Å². The lowest BCUT2D eigenvalue weighted by Gasteiger charge is -2.24. The molecule has 9 rings (SSSR count). The highest BCUT2D eigenvalue weighted by Gasteiger charge is 2.33. The Bertz CT molecular complexity index is 3120. The molecule has 0 saturated carbocycles. The second-order valence-corrected chi connectivity index (χ2v) is 25.1. The molecule has 6 heteroatoms. The topological polar surface area (TPSA) is 51.2 Å². The van der Waals surface area contributed by atoms with Gasteiger partial charge < -0.3 is 13.7 Å². The minimum Gasteiger partial charge on any atom is -0.309 e. The van der Waals surface area contributed by atoms with Gasteiger partial charge in [-0.15, -0.1) is 0 Å². The van der Waals surface area contributed by atoms with E-state index in [0.29, 0.717) is 6.42 Å². The third-order valence-corrected chi connectivity index (χ3v) is 22.1. The molecule has 0 spiro atoms. The van der Waals surface area contributed by atoms with E-state index in [-0.39, 0.29) is 0 Å². The first-order valence-electron chi connectivity index (χ1n) is 22.8. The summed E-state index contributed by atoms with van der Waals surface area (Å²) in [5.41, 5.74) is 4.95. The van der Waals surface area contributed by atoms with Gasteiger partial charge in [-0.2, -0.15) is 0 Å². The van der Waals surface area contributed by atoms with Crippen LogP contribution in [0.1, 0.15) is 44.6 Å². The molecule has 2 atom stereocenters. The van der Waals surface area contributed by atoms with Gasteiger partial charge >= 0.3 is 0 Å². The van der Waals surface area contributed by atoms with Gasteiger partial charge in [0, 0.05) is 42.5 Å². The molecule has 0 heterocycles. The van der Waals surface area contributed by atoms with E-state index < -0.39 is 21.4 Å². The van der Waals surface area contributed by atoms with Gasteiger partial charge in [-0.1, -0.05) is 231 Å². The Morgan fingerprint density at radius 1 is 0.439 bits per heavy atom. The highest BCUT2D eigenvalue weighted by atomic mass is 31.2. The molecule has 2 unspecified atom stereocenters. The molecular formula is C60H53O3P3. The molecule has 0 fully saturated rings. The van der Waals surface area contributed by atoms with Crippen LogP contribution >= 0.6 is 21.4 Å². The van der Waals surface area contributed by atoms with E-state index >= 15 is 13.7 Å². The van der Waals surface area contributed by atoms with Gasteiger partial charge in [-0.3, -0.25) is 0 Å². The second kappa shape index (κ2) is 20.0. The van der Waals surface area contributed by atoms with Crippen molar-refractivity contribution in [3.63, 3.8) is 0 Å². The van der Waals surface area contributed by atoms with Crippen molar-refractivity contribution in [2.45, 2.75) is 39.0 Å². The van der Waals surface area contributed by atoms with Crippen LogP contribution < -0.4 is 31.8 Å². The molecule has 3 nitrogen and oxygen atoms in total. The van der Waals surface area contributed by atoms with Crippen LogP contribution in [0.25, 0.3) is 28.3 Å². The lowest BCUT2D eigenvalue weighted by molar-refractivity contribution is 0.587. The Morgan fingerprint density at radius 2 is 0.848 bits per heavy atom. The molecule has 7 aromatic rings. The Balaban J connectivity index is 1.14. The number of rotatable bonds is 14. The van der Waals surface area contributed by atoms with E-state index in [0.717, 1.165) is 101 Å². The molecule has 66 heavy (non-hydrogen) atoms. The fourth-order valence-corrected chi connectivity index (χ4v) is 17.5. The summed E-state index contributed by atoms with van der Waals surface area (Å²) in [7, 11) is -9.35. The van der Waals surface area contributed by atoms with Crippen LogP contribution in [0, 0.1) is 0 Å². The van der Waals surface area contributed by atoms with Crippen LogP contribution in [0.4, 0.5) is 0 Å². The third-order valence-electron chi connectivity index (χ3n) is 12.6. The van der Waals surface area contributed by atoms with Crippen LogP contribution in [-0.2, 0) is 13.7 Å². The normalized spacial score (nSPS) is 16.0. The number of hydrogen-bond donors (Lipinski definition) is 0. The third kappa shape index (κ3) is 8.97. The van der Waals surface area contributed by atoms with Crippen molar-refractivity contribution in [1.82, 2.24) is 0 Å². The van der Waals surface area contributed by atoms with Crippen LogP contribution in [0.3, 0.4) is 0 Å². The van der Waals surface area contributed by atoms with Crippen LogP contribution in [0.2, 0.25) is 0 Å². The average molecular weight is 915 g/mol. The van der Waals surface area contributed by atoms with Crippen LogP contribution in [0.5, 0.6) is 0 Å². The van der Waals surface area contributed by atoms with Crippen molar-refractivity contribution >= 4 is 59.3 Å². The fraction of sp³-hybridized carbons (Fsp3) is 0.100. The molecule has 0 aromatic heterocycles. The largest absolute Gasteiger partial charge is 0.309 e. The standard InChI is InChI=1S/C60H53O3P3/c1-2-52(64(61,53-23-9-3-10-24-53)54-25-11-4-12-26-54)35-21-22-47-44-50(48-36-40-59(41-37-48)65(62,55-27-13-5-14-28-55)56-29-15-6-16-30-56)46-51(45-47)49-38-42-60(43-39-49)66(63,57-31-17-7-18-32-57)58-33-19-8-20-34-58/h3,5-7,9-11,13-19,21-46H,2,4,8,12,20H2,1H3/b22-21+,52-35+. The first kappa shape index (κ1) is 44.9. The van der Waals surface area contributed by atoms with Crippen molar-refractivity contribution in [3.05, 3.63) is 258 Å². The lowest BCUT2D eigenvalue weighted by Crippen LogP contribution is -2.24. The van der Waals surface area contributed by atoms with Crippen molar-refractivity contribution in [1.29, 1.82) is 0 Å². The summed E-state index contributed by atoms with van der Waals surface area (Å²) in [5, 5.41) is 7.49. The molecule has 326 valence electrons. The Morgan fingerprint density at radius 3 is 1.29 bits per heavy atom. The maximum Gasteiger partial charge on any atom is 0.171 e. The molecule has 2 aliphatic carbocycles. The summed E-state index contributed by atoms with van der Waals surface area (Å²) in [6, 6.07) is 62.2. The van der Waals surface area contributed by atoms with Crippen LogP contribution in [-0.4, -0.2) is 0 Å². The molecule has 7 aromatic carbocycles. The number of allylic oxidation sites excluding steroid dienone is 11. The maximum absolute atomic E-state index is 15.3. The van der Waals surface area contributed by atoms with Crippen LogP contribution in [0.15, 0.2) is 253 Å². The fourth-order valence-electron chi connectivity index (χ4n) is 9.12. The van der Waals surface area contributed by atoms with E-state index in [1.165, 1.54) is 0 Å². The summed E-state index contributed by atoms with van der Waals surface area (Å²) in [4.78, 5) is 0. The van der Waals surface area contributed by atoms with Crippen molar-refractivity contribution in [2.24, 2.45) is 0 Å². The summed E-state index contributed by atoms with van der Waals surface area (Å²) >= 11 is 0. The predicted octanol–water partition coefficient (Wildman–Crippen LogP) is 14.4. The smallest absolute Gasteiger partial charge is 0.171 e. The first-order valence-corrected chi connectivity index (χ1v) is 28.0. The van der Waals surface area contributed by atoms with E-state index in [9.17, 15) is 0 Å². The summed E-state index contributed by atoms with van der Waals surface area (Å²) in [5.74, 6) is 0. The molecule has 0 saturated heterocycles. The zero-order chi connectivity index (χ0) is 45.4. The van der Waals surface area contributed by atoms with E-state index in [2.05, 4.69) is 85.8 Å². The summed E-state index contributed by atoms with van der Waals surface area (Å²) in [6.07, 6.45) is 23.1. The first-order chi connectivity index (χ1) is 32.3. The lowest BCUT2D eigenvalue weighted by atomic mass is 9.96. The van der Waals surface area contributed by atoms with Gasteiger partial charge in [0.25, 0.3) is 0 Å². The molecule has 0 amide bonds. The summed E-state index contributed by atoms with van der Waals surface area (Å²) in [6.45, 7) is 2.08. The highest BCUT2D eigenvalue weighted by Crippen LogP contribution is 2.62. The Kier molecular flexibility index (Phi) is 13.6. The van der Waals surface area contributed by atoms with Gasteiger partial charge in [0.05, 0.1) is 0 Å². The minimum atomic E-state index is -3.16. The molecule has 2 aliphatic rings.